The number of nitrogens with one attached hydrogen (secondary N) is 1. The highest BCUT2D eigenvalue weighted by Gasteiger charge is 2.42. The molecule has 0 aliphatic carbocycles. The van der Waals surface area contributed by atoms with Gasteiger partial charge in [-0.25, -0.2) is 4.98 Å². The molecular weight excluding hydrogens is 422 g/mol. The summed E-state index contributed by atoms with van der Waals surface area (Å²) in [7, 11) is 1.54. The molecule has 0 saturated carbocycles. The van der Waals surface area contributed by atoms with Crippen LogP contribution in [0.15, 0.2) is 54.4 Å². The molecule has 33 heavy (non-hydrogen) atoms. The van der Waals surface area contributed by atoms with Crippen molar-refractivity contribution in [3.63, 3.8) is 0 Å². The highest BCUT2D eigenvalue weighted by Crippen LogP contribution is 2.33. The molecule has 1 fully saturated rings. The van der Waals surface area contributed by atoms with Gasteiger partial charge in [0.15, 0.2) is 0 Å². The number of methoxy groups -OCH3 is 1. The third-order valence-corrected chi connectivity index (χ3v) is 5.73. The largest absolute Gasteiger partial charge is 0.383 e. The number of benzene rings is 1. The van der Waals surface area contributed by atoms with Crippen LogP contribution in [0.4, 0.5) is 11.5 Å². The van der Waals surface area contributed by atoms with E-state index in [1.807, 2.05) is 23.1 Å². The zero-order chi connectivity index (χ0) is 23.4. The molecular formula is C24H27N5O4. The van der Waals surface area contributed by atoms with Crippen molar-refractivity contribution in [1.82, 2.24) is 14.8 Å². The maximum absolute atomic E-state index is 13.3. The van der Waals surface area contributed by atoms with E-state index in [0.29, 0.717) is 48.7 Å². The fourth-order valence-corrected chi connectivity index (χ4v) is 4.13. The lowest BCUT2D eigenvalue weighted by molar-refractivity contribution is -0.138. The Bertz CT molecular complexity index is 1060. The Morgan fingerprint density at radius 2 is 1.70 bits per heavy atom. The first-order valence-electron chi connectivity index (χ1n) is 10.9. The van der Waals surface area contributed by atoms with Gasteiger partial charge in [-0.1, -0.05) is 18.2 Å². The second-order valence-electron chi connectivity index (χ2n) is 7.90. The molecule has 4 rings (SSSR count). The summed E-state index contributed by atoms with van der Waals surface area (Å²) in [5, 5.41) is 2.72. The number of pyridine rings is 1. The summed E-state index contributed by atoms with van der Waals surface area (Å²) in [6.45, 7) is 4.47. The number of ether oxygens (including phenoxy) is 1. The molecule has 1 aromatic heterocycles. The number of imide groups is 1. The topological polar surface area (TPSA) is 95.1 Å². The number of carbonyl (C=O) groups excluding carboxylic acids is 3. The van der Waals surface area contributed by atoms with Gasteiger partial charge < -0.3 is 19.9 Å². The van der Waals surface area contributed by atoms with Crippen LogP contribution < -0.4 is 10.2 Å². The van der Waals surface area contributed by atoms with Crippen LogP contribution in [0.2, 0.25) is 0 Å². The minimum atomic E-state index is -0.327. The van der Waals surface area contributed by atoms with Crippen molar-refractivity contribution in [1.29, 1.82) is 0 Å². The van der Waals surface area contributed by atoms with Gasteiger partial charge >= 0.3 is 0 Å². The molecule has 1 N–H and O–H groups in total. The fourth-order valence-electron chi connectivity index (χ4n) is 4.13. The third-order valence-electron chi connectivity index (χ3n) is 5.73. The smallest absolute Gasteiger partial charge is 0.277 e. The van der Waals surface area contributed by atoms with Crippen LogP contribution in [-0.2, 0) is 19.1 Å². The van der Waals surface area contributed by atoms with Crippen molar-refractivity contribution in [2.45, 2.75) is 6.92 Å². The predicted molar refractivity (Wildman–Crippen MR) is 124 cm³/mol. The average molecular weight is 450 g/mol. The van der Waals surface area contributed by atoms with E-state index in [1.165, 1.54) is 18.9 Å². The summed E-state index contributed by atoms with van der Waals surface area (Å²) in [5.74, 6) is 0.0949. The molecule has 0 radical (unpaired) electrons. The second-order valence-corrected chi connectivity index (χ2v) is 7.90. The molecule has 2 aliphatic heterocycles. The van der Waals surface area contributed by atoms with E-state index >= 15 is 0 Å². The zero-order valence-electron chi connectivity index (χ0n) is 18.8. The number of carbonyl (C=O) groups is 3. The summed E-state index contributed by atoms with van der Waals surface area (Å²) in [5.41, 5.74) is 2.08. The van der Waals surface area contributed by atoms with Crippen molar-refractivity contribution in [2.24, 2.45) is 0 Å². The Labute approximate surface area is 192 Å². The molecule has 9 nitrogen and oxygen atoms in total. The fraction of sp³-hybridized carbons (Fsp3) is 0.333. The van der Waals surface area contributed by atoms with Gasteiger partial charge in [-0.2, -0.15) is 0 Å². The van der Waals surface area contributed by atoms with Gasteiger partial charge in [-0.05, 0) is 29.8 Å². The van der Waals surface area contributed by atoms with Gasteiger partial charge in [-0.15, -0.1) is 0 Å². The lowest BCUT2D eigenvalue weighted by Gasteiger charge is -2.37. The van der Waals surface area contributed by atoms with E-state index in [0.717, 1.165) is 5.82 Å². The van der Waals surface area contributed by atoms with Crippen LogP contribution >= 0.6 is 0 Å². The molecule has 2 aliphatic rings. The monoisotopic (exact) mass is 449 g/mol. The first-order valence-corrected chi connectivity index (χ1v) is 10.9. The first-order chi connectivity index (χ1) is 16.0. The quantitative estimate of drug-likeness (QED) is 0.642. The van der Waals surface area contributed by atoms with Crippen LogP contribution in [0.5, 0.6) is 0 Å². The average Bonchev–Trinajstić information content (AvgIpc) is 3.08. The van der Waals surface area contributed by atoms with Gasteiger partial charge in [0.2, 0.25) is 5.91 Å². The number of amides is 3. The van der Waals surface area contributed by atoms with E-state index < -0.39 is 0 Å². The summed E-state index contributed by atoms with van der Waals surface area (Å²) in [6.07, 6.45) is 1.76. The van der Waals surface area contributed by atoms with Crippen LogP contribution in [0, 0.1) is 0 Å². The molecule has 0 bridgehead atoms. The molecule has 0 unspecified atom stereocenters. The van der Waals surface area contributed by atoms with Gasteiger partial charge in [0, 0.05) is 52.1 Å². The van der Waals surface area contributed by atoms with Gasteiger partial charge in [0.05, 0.1) is 18.7 Å². The maximum atomic E-state index is 13.3. The standard InChI is InChI=1S/C24H27N5O4/c1-17(30)26-19-8-6-18(7-9-19)21-22(24(32)29(23(21)31)15-16-33-2)28-13-11-27(12-14-28)20-5-3-4-10-25-20/h3-10H,11-16H2,1-2H3,(H,26,30). The molecule has 1 aromatic carbocycles. The van der Waals surface area contributed by atoms with E-state index in [4.69, 9.17) is 4.74 Å². The molecule has 172 valence electrons. The number of hydrogen-bond donors (Lipinski definition) is 1. The Balaban J connectivity index is 1.62. The molecule has 9 heteroatoms. The second kappa shape index (κ2) is 9.83. The predicted octanol–water partition coefficient (Wildman–Crippen LogP) is 1.59. The molecule has 0 atom stereocenters. The van der Waals surface area contributed by atoms with Crippen LogP contribution in [-0.4, -0.2) is 78.9 Å². The molecule has 2 aromatic rings. The minimum absolute atomic E-state index is 0.175. The van der Waals surface area contributed by atoms with E-state index in [9.17, 15) is 14.4 Å². The van der Waals surface area contributed by atoms with Crippen molar-refractivity contribution in [3.05, 3.63) is 59.9 Å². The van der Waals surface area contributed by atoms with E-state index in [2.05, 4.69) is 15.2 Å². The molecule has 3 heterocycles. The Hall–Kier alpha value is -3.72. The summed E-state index contributed by atoms with van der Waals surface area (Å²) >= 11 is 0. The van der Waals surface area contributed by atoms with Gasteiger partial charge in [0.1, 0.15) is 11.5 Å². The van der Waals surface area contributed by atoms with Gasteiger partial charge in [0.25, 0.3) is 11.8 Å². The number of piperazine rings is 1. The highest BCUT2D eigenvalue weighted by atomic mass is 16.5. The summed E-state index contributed by atoms with van der Waals surface area (Å²) < 4.78 is 5.11. The number of rotatable bonds is 7. The van der Waals surface area contributed by atoms with Crippen LogP contribution in [0.25, 0.3) is 5.57 Å². The van der Waals surface area contributed by atoms with Crippen LogP contribution in [0.1, 0.15) is 12.5 Å². The Morgan fingerprint density at radius 3 is 2.30 bits per heavy atom. The Kier molecular flexibility index (Phi) is 6.69. The Morgan fingerprint density at radius 1 is 1.00 bits per heavy atom. The molecule has 0 spiro atoms. The molecule has 1 saturated heterocycles. The van der Waals surface area contributed by atoms with Crippen molar-refractivity contribution < 1.29 is 19.1 Å². The number of aromatic nitrogens is 1. The zero-order valence-corrected chi connectivity index (χ0v) is 18.8. The van der Waals surface area contributed by atoms with Crippen molar-refractivity contribution in [3.8, 4) is 0 Å². The number of nitrogens with zero attached hydrogens (tertiary/aromatic N) is 4. The highest BCUT2D eigenvalue weighted by molar-refractivity contribution is 6.35. The normalized spacial score (nSPS) is 16.6. The van der Waals surface area contributed by atoms with E-state index in [-0.39, 0.29) is 30.9 Å². The summed E-state index contributed by atoms with van der Waals surface area (Å²) in [6, 6.07) is 12.8. The number of anilines is 2. The SMILES string of the molecule is COCCN1C(=O)C(c2ccc(NC(C)=O)cc2)=C(N2CCN(c3ccccn3)CC2)C1=O. The maximum Gasteiger partial charge on any atom is 0.277 e. The lowest BCUT2D eigenvalue weighted by atomic mass is 10.0. The third kappa shape index (κ3) is 4.73. The van der Waals surface area contributed by atoms with E-state index in [1.54, 1.807) is 30.5 Å². The van der Waals surface area contributed by atoms with Crippen molar-refractivity contribution >= 4 is 34.8 Å². The summed E-state index contributed by atoms with van der Waals surface area (Å²) in [4.78, 5) is 47.8. The van der Waals surface area contributed by atoms with Crippen LogP contribution in [0.3, 0.4) is 0 Å². The first kappa shape index (κ1) is 22.5. The molecule has 3 amide bonds. The minimum Gasteiger partial charge on any atom is -0.383 e. The lowest BCUT2D eigenvalue weighted by Crippen LogP contribution is -2.48. The van der Waals surface area contributed by atoms with Crippen molar-refractivity contribution in [2.75, 3.05) is 56.7 Å². The van der Waals surface area contributed by atoms with Gasteiger partial charge in [-0.3, -0.25) is 19.3 Å². The number of hydrogen-bond acceptors (Lipinski definition) is 7.